The van der Waals surface area contributed by atoms with E-state index in [0.29, 0.717) is 30.2 Å². The predicted octanol–water partition coefficient (Wildman–Crippen LogP) is 2.14. The van der Waals surface area contributed by atoms with Gasteiger partial charge in [0.2, 0.25) is 11.8 Å². The number of aromatic nitrogens is 7. The first-order valence-electron chi connectivity index (χ1n) is 9.46. The lowest BCUT2D eigenvalue weighted by molar-refractivity contribution is -0.116. The van der Waals surface area contributed by atoms with E-state index in [4.69, 9.17) is 4.74 Å². The highest BCUT2D eigenvalue weighted by atomic mass is 16.5. The van der Waals surface area contributed by atoms with E-state index in [9.17, 15) is 4.79 Å². The van der Waals surface area contributed by atoms with Crippen molar-refractivity contribution in [1.82, 2.24) is 34.5 Å². The van der Waals surface area contributed by atoms with Gasteiger partial charge in [0.25, 0.3) is 0 Å². The second-order valence-corrected chi connectivity index (χ2v) is 6.90. The van der Waals surface area contributed by atoms with Crippen molar-refractivity contribution in [1.29, 1.82) is 0 Å². The summed E-state index contributed by atoms with van der Waals surface area (Å²) in [6.45, 7) is 3.96. The van der Waals surface area contributed by atoms with Crippen molar-refractivity contribution < 1.29 is 9.53 Å². The van der Waals surface area contributed by atoms with Crippen LogP contribution in [0.25, 0.3) is 16.9 Å². The predicted molar refractivity (Wildman–Crippen MR) is 111 cm³/mol. The van der Waals surface area contributed by atoms with Crippen LogP contribution >= 0.6 is 0 Å². The van der Waals surface area contributed by atoms with Crippen LogP contribution in [-0.4, -0.2) is 47.5 Å². The fourth-order valence-corrected chi connectivity index (χ4v) is 3.55. The van der Waals surface area contributed by atoms with Crippen LogP contribution in [0.3, 0.4) is 0 Å². The smallest absolute Gasteiger partial charge is 0.242 e. The van der Waals surface area contributed by atoms with Gasteiger partial charge in [0.05, 0.1) is 18.2 Å². The van der Waals surface area contributed by atoms with Crippen molar-refractivity contribution in [2.45, 2.75) is 26.7 Å². The normalized spacial score (nSPS) is 11.1. The number of ether oxygens (including phenoxy) is 1. The van der Waals surface area contributed by atoms with Crippen LogP contribution in [-0.2, 0) is 18.3 Å². The van der Waals surface area contributed by atoms with E-state index in [1.54, 1.807) is 30.1 Å². The van der Waals surface area contributed by atoms with Gasteiger partial charge < -0.3 is 10.1 Å². The summed E-state index contributed by atoms with van der Waals surface area (Å²) < 4.78 is 8.62. The summed E-state index contributed by atoms with van der Waals surface area (Å²) in [7, 11) is 3.43. The first-order chi connectivity index (χ1) is 14.5. The van der Waals surface area contributed by atoms with E-state index < -0.39 is 0 Å². The van der Waals surface area contributed by atoms with Gasteiger partial charge in [0.15, 0.2) is 11.5 Å². The maximum atomic E-state index is 12.7. The number of pyridine rings is 2. The number of anilines is 1. The Morgan fingerprint density at radius 2 is 2.13 bits per heavy atom. The first-order valence-corrected chi connectivity index (χ1v) is 9.46. The average Bonchev–Trinajstić information content (AvgIpc) is 3.37. The van der Waals surface area contributed by atoms with Crippen LogP contribution in [0.2, 0.25) is 0 Å². The van der Waals surface area contributed by atoms with Crippen molar-refractivity contribution in [2.24, 2.45) is 7.05 Å². The lowest BCUT2D eigenvalue weighted by Gasteiger charge is -2.12. The Morgan fingerprint density at radius 1 is 1.30 bits per heavy atom. The van der Waals surface area contributed by atoms with Crippen molar-refractivity contribution in [2.75, 3.05) is 12.4 Å². The third-order valence-electron chi connectivity index (χ3n) is 5.01. The number of hydrogen-bond donors (Lipinski definition) is 1. The van der Waals surface area contributed by atoms with E-state index in [0.717, 1.165) is 27.9 Å². The Hall–Kier alpha value is -3.82. The van der Waals surface area contributed by atoms with Crippen LogP contribution in [0, 0.1) is 13.8 Å². The summed E-state index contributed by atoms with van der Waals surface area (Å²) >= 11 is 0. The maximum Gasteiger partial charge on any atom is 0.242 e. The molecule has 4 heterocycles. The second-order valence-electron chi connectivity index (χ2n) is 6.90. The monoisotopic (exact) mass is 406 g/mol. The summed E-state index contributed by atoms with van der Waals surface area (Å²) in [5, 5.41) is 12.2. The molecule has 10 nitrogen and oxygen atoms in total. The number of nitrogens with one attached hydrogen (secondary N) is 1. The molecule has 0 aliphatic heterocycles. The van der Waals surface area contributed by atoms with Crippen LogP contribution < -0.4 is 10.1 Å². The standard InChI is InChI=1S/C20H22N8O2/c1-12-14(13(2)24-19-17(12)20(30-4)26-27(19)3)7-8-16(29)25-15-6-5-9-22-18(15)28-11-21-10-23-28/h5-6,9-11H,7-8H2,1-4H3,(H,25,29). The number of rotatable bonds is 6. The second kappa shape index (κ2) is 7.90. The van der Waals surface area contributed by atoms with Gasteiger partial charge in [0.1, 0.15) is 12.7 Å². The van der Waals surface area contributed by atoms with E-state index in [-0.39, 0.29) is 5.91 Å². The molecule has 154 valence electrons. The number of aryl methyl sites for hydroxylation is 3. The molecule has 10 heteroatoms. The molecule has 1 amide bonds. The average molecular weight is 406 g/mol. The topological polar surface area (TPSA) is 113 Å². The van der Waals surface area contributed by atoms with Crippen molar-refractivity contribution >= 4 is 22.6 Å². The lowest BCUT2D eigenvalue weighted by Crippen LogP contribution is -2.15. The Kier molecular flexibility index (Phi) is 5.13. The lowest BCUT2D eigenvalue weighted by atomic mass is 10.00. The van der Waals surface area contributed by atoms with Gasteiger partial charge in [0, 0.05) is 25.4 Å². The largest absolute Gasteiger partial charge is 0.479 e. The number of amides is 1. The van der Waals surface area contributed by atoms with Crippen molar-refractivity contribution in [3.63, 3.8) is 0 Å². The molecule has 4 rings (SSSR count). The van der Waals surface area contributed by atoms with Crippen molar-refractivity contribution in [3.8, 4) is 11.7 Å². The minimum atomic E-state index is -0.124. The van der Waals surface area contributed by atoms with Gasteiger partial charge in [-0.25, -0.2) is 24.3 Å². The molecule has 0 spiro atoms. The van der Waals surface area contributed by atoms with Crippen LogP contribution in [0.4, 0.5) is 5.69 Å². The Labute approximate surface area is 172 Å². The summed E-state index contributed by atoms with van der Waals surface area (Å²) in [6, 6.07) is 3.55. The summed E-state index contributed by atoms with van der Waals surface area (Å²) in [4.78, 5) is 25.6. The van der Waals surface area contributed by atoms with E-state index in [1.807, 2.05) is 20.9 Å². The highest BCUT2D eigenvalue weighted by Gasteiger charge is 2.19. The number of nitrogens with zero attached hydrogens (tertiary/aromatic N) is 7. The first kappa shape index (κ1) is 19.5. The quantitative estimate of drug-likeness (QED) is 0.522. The summed E-state index contributed by atoms with van der Waals surface area (Å²) in [5.74, 6) is 0.927. The fourth-order valence-electron chi connectivity index (χ4n) is 3.55. The highest BCUT2D eigenvalue weighted by Crippen LogP contribution is 2.30. The van der Waals surface area contributed by atoms with Crippen LogP contribution in [0.1, 0.15) is 23.2 Å². The Balaban J connectivity index is 1.55. The van der Waals surface area contributed by atoms with Gasteiger partial charge in [-0.15, -0.1) is 5.10 Å². The van der Waals surface area contributed by atoms with Gasteiger partial charge in [-0.2, -0.15) is 5.10 Å². The van der Waals surface area contributed by atoms with Gasteiger partial charge >= 0.3 is 0 Å². The number of carbonyl (C=O) groups excluding carboxylic acids is 1. The molecule has 0 radical (unpaired) electrons. The molecule has 30 heavy (non-hydrogen) atoms. The number of hydrogen-bond acceptors (Lipinski definition) is 7. The Morgan fingerprint density at radius 3 is 2.87 bits per heavy atom. The van der Waals surface area contributed by atoms with Crippen LogP contribution in [0.5, 0.6) is 5.88 Å². The molecular formula is C20H22N8O2. The zero-order chi connectivity index (χ0) is 21.3. The molecule has 0 saturated carbocycles. The molecular weight excluding hydrogens is 384 g/mol. The SMILES string of the molecule is COc1nn(C)c2nc(C)c(CCC(=O)Nc3cccnc3-n3cncn3)c(C)c12. The molecule has 4 aromatic heterocycles. The molecule has 0 bridgehead atoms. The number of carbonyl (C=O) groups is 1. The number of fused-ring (bicyclic) bond motifs is 1. The maximum absolute atomic E-state index is 12.7. The zero-order valence-corrected chi connectivity index (χ0v) is 17.2. The highest BCUT2D eigenvalue weighted by molar-refractivity contribution is 5.92. The molecule has 0 unspecified atom stereocenters. The fraction of sp³-hybridized carbons (Fsp3) is 0.300. The third-order valence-corrected chi connectivity index (χ3v) is 5.01. The molecule has 4 aromatic rings. The van der Waals surface area contributed by atoms with E-state index >= 15 is 0 Å². The molecule has 0 aromatic carbocycles. The molecule has 0 aliphatic carbocycles. The van der Waals surface area contributed by atoms with Gasteiger partial charge in [-0.05, 0) is 43.5 Å². The zero-order valence-electron chi connectivity index (χ0n) is 17.2. The van der Waals surface area contributed by atoms with Gasteiger partial charge in [-0.3, -0.25) is 4.79 Å². The summed E-state index contributed by atoms with van der Waals surface area (Å²) in [5.41, 5.74) is 4.27. The number of methoxy groups -OCH3 is 1. The van der Waals surface area contributed by atoms with Gasteiger partial charge in [-0.1, -0.05) is 0 Å². The Bertz CT molecular complexity index is 1210. The molecule has 0 saturated heterocycles. The minimum Gasteiger partial charge on any atom is -0.479 e. The molecule has 0 aliphatic rings. The minimum absolute atomic E-state index is 0.124. The molecule has 1 N–H and O–H groups in total. The van der Waals surface area contributed by atoms with E-state index in [2.05, 4.69) is 30.5 Å². The van der Waals surface area contributed by atoms with E-state index in [1.165, 1.54) is 17.3 Å². The van der Waals surface area contributed by atoms with Crippen molar-refractivity contribution in [3.05, 3.63) is 47.8 Å². The molecule has 0 atom stereocenters. The molecule has 0 fully saturated rings. The third kappa shape index (κ3) is 3.47. The van der Waals surface area contributed by atoms with Crippen LogP contribution in [0.15, 0.2) is 31.0 Å². The summed E-state index contributed by atoms with van der Waals surface area (Å²) in [6.07, 6.45) is 5.43.